The summed E-state index contributed by atoms with van der Waals surface area (Å²) in [6.45, 7) is 3.33. The van der Waals surface area contributed by atoms with Gasteiger partial charge in [-0.3, -0.25) is 10.1 Å². The van der Waals surface area contributed by atoms with Crippen LogP contribution in [-0.2, 0) is 0 Å². The molecule has 90 valence electrons. The molecule has 0 atom stereocenters. The van der Waals surface area contributed by atoms with Crippen molar-refractivity contribution in [1.29, 1.82) is 0 Å². The molecule has 0 aromatic carbocycles. The van der Waals surface area contributed by atoms with Crippen LogP contribution in [0.3, 0.4) is 0 Å². The second kappa shape index (κ2) is 5.43. The van der Waals surface area contributed by atoms with Crippen LogP contribution in [0.15, 0.2) is 28.3 Å². The summed E-state index contributed by atoms with van der Waals surface area (Å²) in [7, 11) is 0. The number of aromatic nitrogens is 2. The molecule has 1 fully saturated rings. The zero-order chi connectivity index (χ0) is 12.1. The molecular weight excluding hydrogens is 214 g/mol. The van der Waals surface area contributed by atoms with Crippen LogP contribution in [0.25, 0.3) is 0 Å². The van der Waals surface area contributed by atoms with Crippen LogP contribution >= 0.6 is 0 Å². The minimum absolute atomic E-state index is 0.377. The van der Waals surface area contributed by atoms with Crippen molar-refractivity contribution in [2.45, 2.75) is 31.6 Å². The van der Waals surface area contributed by atoms with E-state index in [-0.39, 0.29) is 0 Å². The Morgan fingerprint density at radius 3 is 3.00 bits per heavy atom. The van der Waals surface area contributed by atoms with Crippen LogP contribution in [0.1, 0.15) is 37.3 Å². The van der Waals surface area contributed by atoms with Crippen molar-refractivity contribution in [3.63, 3.8) is 0 Å². The van der Waals surface area contributed by atoms with Gasteiger partial charge in [0.1, 0.15) is 5.84 Å². The number of nitrogens with one attached hydrogen (secondary N) is 1. The van der Waals surface area contributed by atoms with E-state index < -0.39 is 0 Å². The van der Waals surface area contributed by atoms with E-state index in [0.717, 1.165) is 0 Å². The summed E-state index contributed by atoms with van der Waals surface area (Å²) < 4.78 is 0. The van der Waals surface area contributed by atoms with Gasteiger partial charge in [-0.15, -0.1) is 0 Å². The van der Waals surface area contributed by atoms with Crippen molar-refractivity contribution in [1.82, 2.24) is 10.2 Å². The van der Waals surface area contributed by atoms with E-state index in [1.54, 1.807) is 6.08 Å². The number of H-pyrrole nitrogens is 1. The molecule has 3 N–H and O–H groups in total. The van der Waals surface area contributed by atoms with Crippen molar-refractivity contribution in [2.75, 3.05) is 0 Å². The molecule has 1 saturated carbocycles. The quantitative estimate of drug-likeness (QED) is 0.615. The zero-order valence-corrected chi connectivity index (χ0v) is 9.76. The van der Waals surface area contributed by atoms with Gasteiger partial charge in [-0.1, -0.05) is 12.8 Å². The van der Waals surface area contributed by atoms with Gasteiger partial charge in [0.25, 0.3) is 0 Å². The number of aliphatic imine (C=N–C) groups is 2. The third-order valence-corrected chi connectivity index (χ3v) is 2.97. The molecule has 2 rings (SSSR count). The number of nitrogens with zero attached hydrogens (tertiary/aromatic N) is 3. The Kier molecular flexibility index (Phi) is 3.69. The van der Waals surface area contributed by atoms with Gasteiger partial charge in [0.05, 0.1) is 0 Å². The van der Waals surface area contributed by atoms with Crippen molar-refractivity contribution < 1.29 is 0 Å². The normalized spacial score (nSPS) is 18.0. The van der Waals surface area contributed by atoms with Gasteiger partial charge in [-0.2, -0.15) is 5.10 Å². The Morgan fingerprint density at radius 2 is 2.29 bits per heavy atom. The molecule has 1 heterocycles. The number of rotatable bonds is 4. The van der Waals surface area contributed by atoms with Gasteiger partial charge in [0, 0.05) is 23.9 Å². The highest BCUT2D eigenvalue weighted by Gasteiger charge is 2.18. The average Bonchev–Trinajstić information content (AvgIpc) is 2.95. The molecule has 5 nitrogen and oxygen atoms in total. The minimum atomic E-state index is 0.377. The first-order valence-electron chi connectivity index (χ1n) is 5.81. The summed E-state index contributed by atoms with van der Waals surface area (Å²) in [5.74, 6) is 1.61. The maximum absolute atomic E-state index is 5.68. The van der Waals surface area contributed by atoms with E-state index in [1.807, 2.05) is 6.07 Å². The van der Waals surface area contributed by atoms with E-state index >= 15 is 0 Å². The molecule has 0 radical (unpaired) electrons. The first-order valence-corrected chi connectivity index (χ1v) is 5.81. The third-order valence-electron chi connectivity index (χ3n) is 2.97. The van der Waals surface area contributed by atoms with Crippen LogP contribution < -0.4 is 5.73 Å². The number of amidine groups is 1. The van der Waals surface area contributed by atoms with E-state index in [0.29, 0.717) is 17.6 Å². The highest BCUT2D eigenvalue weighted by molar-refractivity contribution is 5.93. The molecule has 5 heteroatoms. The lowest BCUT2D eigenvalue weighted by Crippen LogP contribution is -2.06. The first-order chi connectivity index (χ1) is 8.29. The Hall–Kier alpha value is -1.91. The Labute approximate surface area is 101 Å². The molecule has 1 aliphatic carbocycles. The van der Waals surface area contributed by atoms with Gasteiger partial charge < -0.3 is 5.73 Å². The van der Waals surface area contributed by atoms with Crippen molar-refractivity contribution in [3.8, 4) is 0 Å². The fraction of sp³-hybridized carbons (Fsp3) is 0.417. The van der Waals surface area contributed by atoms with Crippen molar-refractivity contribution in [2.24, 2.45) is 15.7 Å². The monoisotopic (exact) mass is 231 g/mol. The predicted molar refractivity (Wildman–Crippen MR) is 69.8 cm³/mol. The highest BCUT2D eigenvalue weighted by Crippen LogP contribution is 2.33. The third kappa shape index (κ3) is 3.03. The molecule has 0 amide bonds. The zero-order valence-electron chi connectivity index (χ0n) is 9.76. The summed E-state index contributed by atoms with van der Waals surface area (Å²) in [4.78, 5) is 7.73. The van der Waals surface area contributed by atoms with E-state index in [4.69, 9.17) is 5.73 Å². The summed E-state index contributed by atoms with van der Waals surface area (Å²) in [5.41, 5.74) is 6.84. The van der Waals surface area contributed by atoms with Crippen LogP contribution in [0.2, 0.25) is 0 Å². The number of nitrogens with two attached hydrogens (primary N) is 1. The SMILES string of the molecule is C=N/C=C\C(N)=Nc1cc(C2CCCC2)[nH]n1. The fourth-order valence-corrected chi connectivity index (χ4v) is 2.13. The summed E-state index contributed by atoms with van der Waals surface area (Å²) in [6, 6.07) is 1.97. The van der Waals surface area contributed by atoms with E-state index in [1.165, 1.54) is 37.6 Å². The van der Waals surface area contributed by atoms with Crippen LogP contribution in [0.5, 0.6) is 0 Å². The lowest BCUT2D eigenvalue weighted by atomic mass is 10.0. The summed E-state index contributed by atoms with van der Waals surface area (Å²) in [5, 5.41) is 7.17. The molecule has 0 unspecified atom stereocenters. The smallest absolute Gasteiger partial charge is 0.175 e. The molecule has 0 spiro atoms. The summed E-state index contributed by atoms with van der Waals surface area (Å²) >= 11 is 0. The standard InChI is InChI=1S/C12H17N5/c1-14-7-6-11(13)15-12-8-10(16-17-12)9-4-2-3-5-9/h6-9H,1-5H2,(H3,13,15,16,17)/b7-6-. The van der Waals surface area contributed by atoms with Gasteiger partial charge in [-0.25, -0.2) is 4.99 Å². The number of hydrogen-bond acceptors (Lipinski definition) is 3. The molecule has 1 aromatic heterocycles. The molecule has 1 aromatic rings. The van der Waals surface area contributed by atoms with Gasteiger partial charge >= 0.3 is 0 Å². The van der Waals surface area contributed by atoms with Crippen molar-refractivity contribution in [3.05, 3.63) is 24.0 Å². The molecule has 17 heavy (non-hydrogen) atoms. The number of hydrogen-bond donors (Lipinski definition) is 2. The van der Waals surface area contributed by atoms with E-state index in [2.05, 4.69) is 26.9 Å². The number of aromatic amines is 1. The Balaban J connectivity index is 2.07. The molecular formula is C12H17N5. The van der Waals surface area contributed by atoms with Gasteiger partial charge in [0.2, 0.25) is 0 Å². The second-order valence-electron chi connectivity index (χ2n) is 4.20. The fourth-order valence-electron chi connectivity index (χ4n) is 2.13. The molecule has 1 aliphatic rings. The maximum Gasteiger partial charge on any atom is 0.175 e. The largest absolute Gasteiger partial charge is 0.384 e. The minimum Gasteiger partial charge on any atom is -0.384 e. The lowest BCUT2D eigenvalue weighted by molar-refractivity contribution is 0.693. The Morgan fingerprint density at radius 1 is 1.53 bits per heavy atom. The van der Waals surface area contributed by atoms with Gasteiger partial charge in [-0.05, 0) is 25.6 Å². The van der Waals surface area contributed by atoms with Crippen LogP contribution in [0, 0.1) is 0 Å². The first kappa shape index (κ1) is 11.6. The average molecular weight is 231 g/mol. The molecule has 0 saturated heterocycles. The highest BCUT2D eigenvalue weighted by atomic mass is 15.2. The molecule has 0 aliphatic heterocycles. The van der Waals surface area contributed by atoms with Crippen molar-refractivity contribution >= 4 is 18.4 Å². The molecule has 0 bridgehead atoms. The summed E-state index contributed by atoms with van der Waals surface area (Å²) in [6.07, 6.45) is 8.18. The lowest BCUT2D eigenvalue weighted by Gasteiger charge is -2.02. The predicted octanol–water partition coefficient (Wildman–Crippen LogP) is 2.27. The van der Waals surface area contributed by atoms with Crippen LogP contribution in [0.4, 0.5) is 5.82 Å². The van der Waals surface area contributed by atoms with Gasteiger partial charge in [0.15, 0.2) is 5.82 Å². The van der Waals surface area contributed by atoms with E-state index in [9.17, 15) is 0 Å². The second-order valence-corrected chi connectivity index (χ2v) is 4.20. The topological polar surface area (TPSA) is 79.4 Å². The maximum atomic E-state index is 5.68. The Bertz CT molecular complexity index is 438. The van der Waals surface area contributed by atoms with Crippen LogP contribution in [-0.4, -0.2) is 22.8 Å².